The Kier molecular flexibility index (Phi) is 2.73. The Balaban J connectivity index is 2.16. The molecule has 1 aliphatic carbocycles. The van der Waals surface area contributed by atoms with E-state index in [1.54, 1.807) is 0 Å². The molecule has 1 aromatic rings. The van der Waals surface area contributed by atoms with E-state index >= 15 is 0 Å². The fourth-order valence-electron chi connectivity index (χ4n) is 1.48. The summed E-state index contributed by atoms with van der Waals surface area (Å²) in [6.45, 7) is 1.98. The number of anilines is 1. The molecule has 82 valence electrons. The van der Waals surface area contributed by atoms with E-state index in [4.69, 9.17) is 5.26 Å². The summed E-state index contributed by atoms with van der Waals surface area (Å²) in [5.74, 6) is -0.195. The van der Waals surface area contributed by atoms with Gasteiger partial charge in [0.15, 0.2) is 0 Å². The molecule has 1 N–H and O–H groups in total. The van der Waals surface area contributed by atoms with Gasteiger partial charge < -0.3 is 5.32 Å². The Hall–Kier alpha value is -1.34. The number of aryl methyl sites for hydroxylation is 1. The smallest absolute Gasteiger partial charge is 0.244 e. The molecule has 1 saturated carbocycles. The van der Waals surface area contributed by atoms with Crippen LogP contribution in [0.15, 0.2) is 22.7 Å². The van der Waals surface area contributed by atoms with Crippen molar-refractivity contribution in [3.8, 4) is 6.07 Å². The van der Waals surface area contributed by atoms with Crippen molar-refractivity contribution in [1.29, 1.82) is 5.26 Å². The van der Waals surface area contributed by atoms with Crippen molar-refractivity contribution in [3.05, 3.63) is 28.2 Å². The first-order valence-corrected chi connectivity index (χ1v) is 5.85. The number of carbonyl (C=O) groups excluding carboxylic acids is 1. The molecule has 0 heterocycles. The second-order valence-electron chi connectivity index (χ2n) is 4.13. The maximum Gasteiger partial charge on any atom is 0.244 e. The third kappa shape index (κ3) is 1.96. The van der Waals surface area contributed by atoms with Gasteiger partial charge in [0.05, 0.1) is 11.8 Å². The van der Waals surface area contributed by atoms with Crippen LogP contribution in [0, 0.1) is 23.7 Å². The number of halogens is 1. The monoisotopic (exact) mass is 278 g/mol. The Morgan fingerprint density at radius 2 is 2.25 bits per heavy atom. The van der Waals surface area contributed by atoms with Gasteiger partial charge in [-0.3, -0.25) is 4.79 Å². The number of rotatable bonds is 2. The summed E-state index contributed by atoms with van der Waals surface area (Å²) in [7, 11) is 0. The van der Waals surface area contributed by atoms with E-state index in [2.05, 4.69) is 27.3 Å². The second kappa shape index (κ2) is 3.91. The highest BCUT2D eigenvalue weighted by molar-refractivity contribution is 9.10. The van der Waals surface area contributed by atoms with E-state index in [1.807, 2.05) is 25.1 Å². The van der Waals surface area contributed by atoms with Gasteiger partial charge >= 0.3 is 0 Å². The van der Waals surface area contributed by atoms with E-state index in [1.165, 1.54) is 0 Å². The average molecular weight is 279 g/mol. The summed E-state index contributed by atoms with van der Waals surface area (Å²) in [6.07, 6.45) is 1.33. The molecule has 1 aliphatic rings. The average Bonchev–Trinajstić information content (AvgIpc) is 3.03. The van der Waals surface area contributed by atoms with Crippen LogP contribution in [0.2, 0.25) is 0 Å². The predicted octanol–water partition coefficient (Wildman–Crippen LogP) is 3.00. The standard InChI is InChI=1S/C12H11BrN2O/c1-8-2-3-10(9(13)6-8)15-11(16)12(7-14)4-5-12/h2-3,6H,4-5H2,1H3,(H,15,16). The highest BCUT2D eigenvalue weighted by Crippen LogP contribution is 2.46. The van der Waals surface area contributed by atoms with Crippen LogP contribution in [0.25, 0.3) is 0 Å². The number of benzene rings is 1. The van der Waals surface area contributed by atoms with Gasteiger partial charge in [-0.05, 0) is 53.4 Å². The number of carbonyl (C=O) groups is 1. The fraction of sp³-hybridized carbons (Fsp3) is 0.333. The normalized spacial score (nSPS) is 16.3. The minimum atomic E-state index is -0.773. The number of hydrogen-bond acceptors (Lipinski definition) is 2. The zero-order valence-electron chi connectivity index (χ0n) is 8.88. The van der Waals surface area contributed by atoms with Crippen LogP contribution in [0.1, 0.15) is 18.4 Å². The molecule has 0 aliphatic heterocycles. The maximum absolute atomic E-state index is 11.8. The zero-order valence-corrected chi connectivity index (χ0v) is 10.5. The van der Waals surface area contributed by atoms with Crippen molar-refractivity contribution in [3.63, 3.8) is 0 Å². The quantitative estimate of drug-likeness (QED) is 0.904. The first-order chi connectivity index (χ1) is 7.57. The lowest BCUT2D eigenvalue weighted by Crippen LogP contribution is -2.22. The topological polar surface area (TPSA) is 52.9 Å². The van der Waals surface area contributed by atoms with Crippen molar-refractivity contribution < 1.29 is 4.79 Å². The van der Waals surface area contributed by atoms with Gasteiger partial charge in [-0.1, -0.05) is 6.07 Å². The molecule has 4 heteroatoms. The molecular formula is C12H11BrN2O. The van der Waals surface area contributed by atoms with Crippen LogP contribution in [0.3, 0.4) is 0 Å². The minimum Gasteiger partial charge on any atom is -0.324 e. The number of amides is 1. The summed E-state index contributed by atoms with van der Waals surface area (Å²) in [5, 5.41) is 11.7. The highest BCUT2D eigenvalue weighted by atomic mass is 79.9. The Morgan fingerprint density at radius 1 is 1.56 bits per heavy atom. The van der Waals surface area contributed by atoms with E-state index in [0.29, 0.717) is 12.8 Å². The SMILES string of the molecule is Cc1ccc(NC(=O)C2(C#N)CC2)c(Br)c1. The van der Waals surface area contributed by atoms with Gasteiger partial charge in [0.1, 0.15) is 5.41 Å². The van der Waals surface area contributed by atoms with Gasteiger partial charge in [0.2, 0.25) is 5.91 Å². The van der Waals surface area contributed by atoms with Gasteiger partial charge in [0.25, 0.3) is 0 Å². The van der Waals surface area contributed by atoms with Gasteiger partial charge in [-0.15, -0.1) is 0 Å². The zero-order chi connectivity index (χ0) is 11.8. The van der Waals surface area contributed by atoms with Crippen molar-refractivity contribution in [1.82, 2.24) is 0 Å². The molecule has 0 aromatic heterocycles. The predicted molar refractivity (Wildman–Crippen MR) is 64.8 cm³/mol. The molecular weight excluding hydrogens is 268 g/mol. The molecule has 0 bridgehead atoms. The van der Waals surface area contributed by atoms with Gasteiger partial charge in [-0.2, -0.15) is 5.26 Å². The summed E-state index contributed by atoms with van der Waals surface area (Å²) >= 11 is 3.39. The van der Waals surface area contributed by atoms with Crippen molar-refractivity contribution in [2.75, 3.05) is 5.32 Å². The van der Waals surface area contributed by atoms with Crippen molar-refractivity contribution in [2.24, 2.45) is 5.41 Å². The number of nitriles is 1. The molecule has 0 radical (unpaired) electrons. The lowest BCUT2D eigenvalue weighted by molar-refractivity contribution is -0.119. The van der Waals surface area contributed by atoms with Crippen LogP contribution in [0.5, 0.6) is 0 Å². The van der Waals surface area contributed by atoms with Crippen LogP contribution in [0.4, 0.5) is 5.69 Å². The van der Waals surface area contributed by atoms with Gasteiger partial charge in [0, 0.05) is 4.47 Å². The first kappa shape index (κ1) is 11.2. The molecule has 0 saturated heterocycles. The van der Waals surface area contributed by atoms with Gasteiger partial charge in [-0.25, -0.2) is 0 Å². The summed E-state index contributed by atoms with van der Waals surface area (Å²) in [5.41, 5.74) is 1.06. The molecule has 0 unspecified atom stereocenters. The third-order valence-electron chi connectivity index (χ3n) is 2.77. The fourth-order valence-corrected chi connectivity index (χ4v) is 2.07. The van der Waals surface area contributed by atoms with E-state index in [0.717, 1.165) is 15.7 Å². The van der Waals surface area contributed by atoms with Crippen molar-refractivity contribution in [2.45, 2.75) is 19.8 Å². The summed E-state index contributed by atoms with van der Waals surface area (Å²) < 4.78 is 0.842. The third-order valence-corrected chi connectivity index (χ3v) is 3.43. The lowest BCUT2D eigenvalue weighted by Gasteiger charge is -2.10. The van der Waals surface area contributed by atoms with E-state index < -0.39 is 5.41 Å². The van der Waals surface area contributed by atoms with Crippen LogP contribution in [-0.4, -0.2) is 5.91 Å². The first-order valence-electron chi connectivity index (χ1n) is 5.06. The molecule has 1 fully saturated rings. The summed E-state index contributed by atoms with van der Waals surface area (Å²) in [4.78, 5) is 11.8. The van der Waals surface area contributed by atoms with Crippen LogP contribution < -0.4 is 5.32 Å². The van der Waals surface area contributed by atoms with Crippen molar-refractivity contribution >= 4 is 27.5 Å². The highest BCUT2D eigenvalue weighted by Gasteiger charge is 2.50. The molecule has 3 nitrogen and oxygen atoms in total. The lowest BCUT2D eigenvalue weighted by atomic mass is 10.1. The molecule has 1 amide bonds. The molecule has 16 heavy (non-hydrogen) atoms. The molecule has 1 aromatic carbocycles. The number of nitrogens with one attached hydrogen (secondary N) is 1. The maximum atomic E-state index is 11.8. The largest absolute Gasteiger partial charge is 0.324 e. The molecule has 0 spiro atoms. The minimum absolute atomic E-state index is 0.195. The number of hydrogen-bond donors (Lipinski definition) is 1. The second-order valence-corrected chi connectivity index (χ2v) is 4.99. The number of nitrogens with zero attached hydrogens (tertiary/aromatic N) is 1. The summed E-state index contributed by atoms with van der Waals surface area (Å²) in [6, 6.07) is 7.77. The van der Waals surface area contributed by atoms with Crippen LogP contribution >= 0.6 is 15.9 Å². The Bertz CT molecular complexity index is 486. The Morgan fingerprint density at radius 3 is 2.75 bits per heavy atom. The van der Waals surface area contributed by atoms with Crippen LogP contribution in [-0.2, 0) is 4.79 Å². The van der Waals surface area contributed by atoms with E-state index in [-0.39, 0.29) is 5.91 Å². The Labute approximate surface area is 103 Å². The van der Waals surface area contributed by atoms with E-state index in [9.17, 15) is 4.79 Å². The molecule has 0 atom stereocenters. The molecule has 2 rings (SSSR count).